The minimum atomic E-state index is -0.928. The topological polar surface area (TPSA) is 69.6 Å². The molecule has 0 saturated carbocycles. The van der Waals surface area contributed by atoms with Crippen molar-refractivity contribution in [1.82, 2.24) is 5.32 Å². The largest absolute Gasteiger partial charge is 0.477 e. The van der Waals surface area contributed by atoms with E-state index < -0.39 is 5.97 Å². The number of thiophene rings is 1. The van der Waals surface area contributed by atoms with E-state index in [1.807, 2.05) is 11.0 Å². The van der Waals surface area contributed by atoms with Gasteiger partial charge in [0.05, 0.1) is 5.69 Å². The van der Waals surface area contributed by atoms with Crippen molar-refractivity contribution in [1.29, 1.82) is 0 Å². The Bertz CT molecular complexity index is 749. The molecule has 0 aromatic carbocycles. The average molecular weight is 419 g/mol. The Kier molecular flexibility index (Phi) is 7.90. The lowest BCUT2D eigenvalue weighted by molar-refractivity contribution is -0.123. The van der Waals surface area contributed by atoms with Crippen LogP contribution >= 0.6 is 11.3 Å². The molecule has 29 heavy (non-hydrogen) atoms. The zero-order chi connectivity index (χ0) is 20.8. The Morgan fingerprint density at radius 2 is 2.03 bits per heavy atom. The zero-order valence-corrected chi connectivity index (χ0v) is 18.5. The van der Waals surface area contributed by atoms with Crippen LogP contribution in [-0.4, -0.2) is 36.1 Å². The van der Waals surface area contributed by atoms with Crippen LogP contribution in [0.3, 0.4) is 0 Å². The average Bonchev–Trinajstić information content (AvgIpc) is 3.19. The third kappa shape index (κ3) is 5.10. The highest BCUT2D eigenvalue weighted by Crippen LogP contribution is 2.40. The van der Waals surface area contributed by atoms with E-state index in [1.54, 1.807) is 0 Å². The van der Waals surface area contributed by atoms with E-state index in [1.165, 1.54) is 23.3 Å². The van der Waals surface area contributed by atoms with Crippen molar-refractivity contribution >= 4 is 34.5 Å². The Morgan fingerprint density at radius 3 is 2.62 bits per heavy atom. The fraction of sp³-hybridized carbons (Fsp3) is 0.652. The maximum atomic E-state index is 13.6. The highest BCUT2D eigenvalue weighted by Gasteiger charge is 2.34. The van der Waals surface area contributed by atoms with Crippen LogP contribution in [0.15, 0.2) is 12.1 Å². The molecule has 1 saturated heterocycles. The number of anilines is 1. The molecular formula is C23H34N2O3S. The molecule has 0 radical (unpaired) electrons. The van der Waals surface area contributed by atoms with Crippen LogP contribution in [0.4, 0.5) is 5.69 Å². The molecule has 1 aromatic heterocycles. The Morgan fingerprint density at radius 1 is 1.28 bits per heavy atom. The fourth-order valence-corrected chi connectivity index (χ4v) is 5.60. The second kappa shape index (κ2) is 10.4. The van der Waals surface area contributed by atoms with Gasteiger partial charge in [0, 0.05) is 16.8 Å². The van der Waals surface area contributed by atoms with Crippen molar-refractivity contribution < 1.29 is 14.7 Å². The molecule has 1 amide bonds. The minimum Gasteiger partial charge on any atom is -0.477 e. The van der Waals surface area contributed by atoms with Crippen LogP contribution in [0.25, 0.3) is 5.57 Å². The molecule has 2 heterocycles. The van der Waals surface area contributed by atoms with Gasteiger partial charge in [-0.2, -0.15) is 0 Å². The number of rotatable bonds is 8. The SMILES string of the molecule is CCCC(CC)C(=O)N(c1cc(C2=CCCCC2)sc1C(=O)O)C1CCNCC1. The van der Waals surface area contributed by atoms with Crippen LogP contribution in [0, 0.1) is 5.92 Å². The number of aromatic carboxylic acids is 1. The summed E-state index contributed by atoms with van der Waals surface area (Å²) in [4.78, 5) is 29.0. The van der Waals surface area contributed by atoms with Gasteiger partial charge in [-0.25, -0.2) is 4.79 Å². The van der Waals surface area contributed by atoms with E-state index >= 15 is 0 Å². The quantitative estimate of drug-likeness (QED) is 0.600. The summed E-state index contributed by atoms with van der Waals surface area (Å²) in [5, 5.41) is 13.3. The van der Waals surface area contributed by atoms with Crippen LogP contribution in [-0.2, 0) is 4.79 Å². The number of carboxylic acids is 1. The van der Waals surface area contributed by atoms with Gasteiger partial charge in [-0.05, 0) is 76.1 Å². The van der Waals surface area contributed by atoms with Crippen LogP contribution in [0.1, 0.15) is 86.2 Å². The van der Waals surface area contributed by atoms with Crippen LogP contribution in [0.5, 0.6) is 0 Å². The Balaban J connectivity index is 2.03. The predicted octanol–water partition coefficient (Wildman–Crippen LogP) is 5.32. The second-order valence-corrected chi connectivity index (χ2v) is 9.24. The molecule has 1 fully saturated rings. The lowest BCUT2D eigenvalue weighted by Crippen LogP contribution is -2.48. The van der Waals surface area contributed by atoms with Gasteiger partial charge in [0.15, 0.2) is 0 Å². The summed E-state index contributed by atoms with van der Waals surface area (Å²) in [6.07, 6.45) is 11.0. The molecule has 1 aliphatic heterocycles. The monoisotopic (exact) mass is 418 g/mol. The van der Waals surface area contributed by atoms with E-state index in [9.17, 15) is 14.7 Å². The number of nitrogens with one attached hydrogen (secondary N) is 1. The number of hydrogen-bond acceptors (Lipinski definition) is 4. The minimum absolute atomic E-state index is 0.0474. The van der Waals surface area contributed by atoms with Crippen molar-refractivity contribution in [2.75, 3.05) is 18.0 Å². The third-order valence-corrected chi connectivity index (χ3v) is 7.35. The molecule has 2 N–H and O–H groups in total. The third-order valence-electron chi connectivity index (χ3n) is 6.16. The van der Waals surface area contributed by atoms with Crippen molar-refractivity contribution in [2.24, 2.45) is 5.92 Å². The number of carbonyl (C=O) groups is 2. The van der Waals surface area contributed by atoms with Gasteiger partial charge in [-0.15, -0.1) is 11.3 Å². The summed E-state index contributed by atoms with van der Waals surface area (Å²) in [7, 11) is 0. The summed E-state index contributed by atoms with van der Waals surface area (Å²) in [5.41, 5.74) is 1.86. The van der Waals surface area contributed by atoms with Gasteiger partial charge in [-0.1, -0.05) is 26.3 Å². The molecule has 1 aromatic rings. The lowest BCUT2D eigenvalue weighted by atomic mass is 9.95. The van der Waals surface area contributed by atoms with Crippen molar-refractivity contribution in [3.05, 3.63) is 21.9 Å². The highest BCUT2D eigenvalue weighted by atomic mass is 32.1. The van der Waals surface area contributed by atoms with E-state index in [0.29, 0.717) is 10.6 Å². The Hall–Kier alpha value is -1.66. The van der Waals surface area contributed by atoms with Crippen molar-refractivity contribution in [3.63, 3.8) is 0 Å². The molecule has 5 nitrogen and oxygen atoms in total. The van der Waals surface area contributed by atoms with Crippen molar-refractivity contribution in [3.8, 4) is 0 Å². The summed E-state index contributed by atoms with van der Waals surface area (Å²) in [6, 6.07) is 2.06. The summed E-state index contributed by atoms with van der Waals surface area (Å²) >= 11 is 1.34. The number of piperidine rings is 1. The molecular weight excluding hydrogens is 384 g/mol. The standard InChI is InChI=1S/C23H34N2O3S/c1-3-8-16(4-2)22(26)25(18-11-13-24-14-12-18)19-15-20(29-21(19)23(27)28)17-9-6-5-7-10-17/h9,15-16,18,24H,3-8,10-14H2,1-2H3,(H,27,28). The molecule has 2 aliphatic rings. The van der Waals surface area contributed by atoms with Crippen molar-refractivity contribution in [2.45, 2.75) is 77.7 Å². The molecule has 3 rings (SSSR count). The number of amides is 1. The summed E-state index contributed by atoms with van der Waals surface area (Å²) in [6.45, 7) is 5.89. The van der Waals surface area contributed by atoms with E-state index in [2.05, 4.69) is 25.2 Å². The number of carboxylic acid groups (broad SMARTS) is 1. The number of hydrogen-bond donors (Lipinski definition) is 2. The lowest BCUT2D eigenvalue weighted by Gasteiger charge is -2.36. The molecule has 0 spiro atoms. The molecule has 1 atom stereocenters. The summed E-state index contributed by atoms with van der Waals surface area (Å²) in [5.74, 6) is -0.873. The summed E-state index contributed by atoms with van der Waals surface area (Å²) < 4.78 is 0. The Labute approximate surface area is 178 Å². The van der Waals surface area contributed by atoms with Crippen LogP contribution in [0.2, 0.25) is 0 Å². The number of nitrogens with zero attached hydrogens (tertiary/aromatic N) is 1. The molecule has 1 aliphatic carbocycles. The van der Waals surface area contributed by atoms with Gasteiger partial charge in [-0.3, -0.25) is 4.79 Å². The second-order valence-electron chi connectivity index (χ2n) is 8.19. The molecule has 0 bridgehead atoms. The number of allylic oxidation sites excluding steroid dienone is 2. The first-order chi connectivity index (χ1) is 14.1. The maximum Gasteiger partial charge on any atom is 0.348 e. The zero-order valence-electron chi connectivity index (χ0n) is 17.7. The predicted molar refractivity (Wildman–Crippen MR) is 120 cm³/mol. The molecule has 160 valence electrons. The van der Waals surface area contributed by atoms with E-state index in [-0.39, 0.29) is 17.9 Å². The smallest absolute Gasteiger partial charge is 0.348 e. The normalized spacial score (nSPS) is 18.9. The fourth-order valence-electron chi connectivity index (χ4n) is 4.54. The molecule has 6 heteroatoms. The first-order valence-corrected chi connectivity index (χ1v) is 12.0. The van der Waals surface area contributed by atoms with Crippen LogP contribution < -0.4 is 10.2 Å². The van der Waals surface area contributed by atoms with Gasteiger partial charge < -0.3 is 15.3 Å². The van der Waals surface area contributed by atoms with Gasteiger partial charge >= 0.3 is 5.97 Å². The molecule has 1 unspecified atom stereocenters. The van der Waals surface area contributed by atoms with Gasteiger partial charge in [0.2, 0.25) is 5.91 Å². The van der Waals surface area contributed by atoms with Gasteiger partial charge in [0.25, 0.3) is 0 Å². The first-order valence-electron chi connectivity index (χ1n) is 11.2. The highest BCUT2D eigenvalue weighted by molar-refractivity contribution is 7.15. The maximum absolute atomic E-state index is 13.6. The van der Waals surface area contributed by atoms with E-state index in [4.69, 9.17) is 0 Å². The van der Waals surface area contributed by atoms with E-state index in [0.717, 1.165) is 69.3 Å². The first kappa shape index (κ1) is 22.0. The number of carbonyl (C=O) groups excluding carboxylic acids is 1. The van der Waals surface area contributed by atoms with Gasteiger partial charge in [0.1, 0.15) is 4.88 Å².